The lowest BCUT2D eigenvalue weighted by Gasteiger charge is -2.25. The third-order valence-electron chi connectivity index (χ3n) is 2.84. The van der Waals surface area contributed by atoms with E-state index in [1.54, 1.807) is 20.8 Å². The van der Waals surface area contributed by atoms with E-state index >= 15 is 0 Å². The highest BCUT2D eigenvalue weighted by Crippen LogP contribution is 2.25. The van der Waals surface area contributed by atoms with Gasteiger partial charge < -0.3 is 5.11 Å². The number of nitrogens with zero attached hydrogens (tertiary/aromatic N) is 1. The van der Waals surface area contributed by atoms with Crippen LogP contribution >= 0.6 is 0 Å². The second-order valence-electron chi connectivity index (χ2n) is 4.76. The highest BCUT2D eigenvalue weighted by Gasteiger charge is 2.30. The van der Waals surface area contributed by atoms with E-state index in [0.717, 1.165) is 16.4 Å². The molecule has 0 heterocycles. The van der Waals surface area contributed by atoms with Crippen molar-refractivity contribution < 1.29 is 22.3 Å². The molecule has 0 aliphatic rings. The van der Waals surface area contributed by atoms with Crippen molar-refractivity contribution in [1.82, 2.24) is 4.31 Å². The molecule has 0 aliphatic heterocycles. The highest BCUT2D eigenvalue weighted by atomic mass is 32.2. The predicted molar refractivity (Wildman–Crippen MR) is 71.6 cm³/mol. The third-order valence-corrected chi connectivity index (χ3v) is 4.92. The van der Waals surface area contributed by atoms with Crippen molar-refractivity contribution in [2.24, 2.45) is 0 Å². The van der Waals surface area contributed by atoms with Crippen LogP contribution in [0.15, 0.2) is 17.0 Å². The van der Waals surface area contributed by atoms with Crippen LogP contribution in [0.3, 0.4) is 0 Å². The number of sulfonamides is 1. The van der Waals surface area contributed by atoms with Crippen LogP contribution in [0.25, 0.3) is 0 Å². The number of hydrogen-bond donors (Lipinski definition) is 1. The van der Waals surface area contributed by atoms with Crippen LogP contribution in [0.2, 0.25) is 0 Å². The molecule has 20 heavy (non-hydrogen) atoms. The third kappa shape index (κ3) is 3.34. The van der Waals surface area contributed by atoms with E-state index in [0.29, 0.717) is 6.42 Å². The van der Waals surface area contributed by atoms with Gasteiger partial charge in [0, 0.05) is 12.6 Å². The molecule has 0 aliphatic carbocycles. The van der Waals surface area contributed by atoms with Gasteiger partial charge in [-0.1, -0.05) is 6.92 Å². The number of aliphatic hydroxyl groups is 1. The minimum absolute atomic E-state index is 0.0164. The smallest absolute Gasteiger partial charge is 0.246 e. The van der Waals surface area contributed by atoms with Gasteiger partial charge in [0.2, 0.25) is 10.0 Å². The first-order chi connectivity index (χ1) is 9.25. The molecule has 7 heteroatoms. The second-order valence-corrected chi connectivity index (χ2v) is 6.62. The van der Waals surface area contributed by atoms with Crippen LogP contribution in [0.4, 0.5) is 8.78 Å². The minimum atomic E-state index is -4.14. The Labute approximate surface area is 118 Å². The van der Waals surface area contributed by atoms with Crippen molar-refractivity contribution in [3.63, 3.8) is 0 Å². The zero-order chi connectivity index (χ0) is 15.5. The van der Waals surface area contributed by atoms with Crippen molar-refractivity contribution in [2.75, 3.05) is 6.54 Å². The molecule has 0 bridgehead atoms. The largest absolute Gasteiger partial charge is 0.392 e. The summed E-state index contributed by atoms with van der Waals surface area (Å²) >= 11 is 0. The molecule has 1 aromatic carbocycles. The number of aliphatic hydroxyl groups excluding tert-OH is 1. The molecule has 0 aromatic heterocycles. The maximum Gasteiger partial charge on any atom is 0.246 e. The van der Waals surface area contributed by atoms with Crippen LogP contribution < -0.4 is 0 Å². The van der Waals surface area contributed by atoms with Crippen molar-refractivity contribution >= 4 is 10.0 Å². The van der Waals surface area contributed by atoms with Gasteiger partial charge in [0.05, 0.1) is 6.61 Å². The van der Waals surface area contributed by atoms with Gasteiger partial charge >= 0.3 is 0 Å². The second kappa shape index (κ2) is 6.60. The Morgan fingerprint density at radius 3 is 2.35 bits per heavy atom. The zero-order valence-corrected chi connectivity index (χ0v) is 12.5. The van der Waals surface area contributed by atoms with Crippen LogP contribution in [-0.2, 0) is 16.6 Å². The fraction of sp³-hybridized carbons (Fsp3) is 0.538. The fourth-order valence-electron chi connectivity index (χ4n) is 1.90. The normalized spacial score (nSPS) is 12.4. The fourth-order valence-corrected chi connectivity index (χ4v) is 3.75. The van der Waals surface area contributed by atoms with E-state index < -0.39 is 33.2 Å². The van der Waals surface area contributed by atoms with Gasteiger partial charge in [0.15, 0.2) is 11.6 Å². The monoisotopic (exact) mass is 307 g/mol. The molecule has 0 fully saturated rings. The lowest BCUT2D eigenvalue weighted by molar-refractivity contribution is 0.280. The van der Waals surface area contributed by atoms with E-state index in [1.807, 2.05) is 0 Å². The molecule has 0 saturated carbocycles. The lowest BCUT2D eigenvalue weighted by atomic mass is 10.2. The van der Waals surface area contributed by atoms with E-state index in [-0.39, 0.29) is 18.2 Å². The molecule has 0 unspecified atom stereocenters. The van der Waals surface area contributed by atoms with Crippen LogP contribution in [0.1, 0.15) is 32.8 Å². The first-order valence-electron chi connectivity index (χ1n) is 6.36. The number of benzene rings is 1. The van der Waals surface area contributed by atoms with Crippen LogP contribution in [0, 0.1) is 11.6 Å². The summed E-state index contributed by atoms with van der Waals surface area (Å²) in [4.78, 5) is -0.733. The van der Waals surface area contributed by atoms with Crippen molar-refractivity contribution in [3.8, 4) is 0 Å². The molecule has 1 rings (SSSR count). The summed E-state index contributed by atoms with van der Waals surface area (Å²) in [7, 11) is -4.14. The maximum atomic E-state index is 13.8. The van der Waals surface area contributed by atoms with Crippen molar-refractivity contribution in [1.29, 1.82) is 0 Å². The topological polar surface area (TPSA) is 57.6 Å². The van der Waals surface area contributed by atoms with Gasteiger partial charge in [0.25, 0.3) is 0 Å². The van der Waals surface area contributed by atoms with E-state index in [1.165, 1.54) is 0 Å². The van der Waals surface area contributed by atoms with Gasteiger partial charge in [-0.2, -0.15) is 4.31 Å². The summed E-state index contributed by atoms with van der Waals surface area (Å²) in [5.41, 5.74) is 0.0164. The standard InChI is InChI=1S/C13H19F2NO3S/c1-4-5-16(9(2)3)20(18,19)12-7-10(8-17)6-11(14)13(12)15/h6-7,9,17H,4-5,8H2,1-3H3. The Balaban J connectivity index is 3.44. The van der Waals surface area contributed by atoms with Gasteiger partial charge in [-0.15, -0.1) is 0 Å². The summed E-state index contributed by atoms with van der Waals surface area (Å²) in [5, 5.41) is 9.00. The zero-order valence-electron chi connectivity index (χ0n) is 11.7. The molecule has 0 atom stereocenters. The predicted octanol–water partition coefficient (Wildman–Crippen LogP) is 2.27. The SMILES string of the molecule is CCCN(C(C)C)S(=O)(=O)c1cc(CO)cc(F)c1F. The van der Waals surface area contributed by atoms with Gasteiger partial charge in [0.1, 0.15) is 4.90 Å². The minimum Gasteiger partial charge on any atom is -0.392 e. The molecule has 4 nitrogen and oxygen atoms in total. The summed E-state index contributed by atoms with van der Waals surface area (Å²) in [6, 6.07) is 1.38. The van der Waals surface area contributed by atoms with Crippen LogP contribution in [0.5, 0.6) is 0 Å². The Hall–Kier alpha value is -1.05. The average Bonchev–Trinajstić information content (AvgIpc) is 2.37. The molecule has 114 valence electrons. The molecule has 0 radical (unpaired) electrons. The molecular weight excluding hydrogens is 288 g/mol. The Kier molecular flexibility index (Phi) is 5.61. The summed E-state index contributed by atoms with van der Waals surface area (Å²) < 4.78 is 53.3. The molecular formula is C13H19F2NO3S. The molecule has 1 N–H and O–H groups in total. The van der Waals surface area contributed by atoms with Gasteiger partial charge in [-0.3, -0.25) is 0 Å². The Morgan fingerprint density at radius 1 is 1.30 bits per heavy atom. The first-order valence-corrected chi connectivity index (χ1v) is 7.80. The van der Waals surface area contributed by atoms with Crippen LogP contribution in [-0.4, -0.2) is 30.4 Å². The van der Waals surface area contributed by atoms with Gasteiger partial charge in [-0.05, 0) is 38.0 Å². The Bertz CT molecular complexity index is 573. The summed E-state index contributed by atoms with van der Waals surface area (Å²) in [6.45, 7) is 4.78. The highest BCUT2D eigenvalue weighted by molar-refractivity contribution is 7.89. The molecule has 1 aromatic rings. The number of rotatable bonds is 6. The molecule has 0 saturated heterocycles. The number of hydrogen-bond acceptors (Lipinski definition) is 3. The quantitative estimate of drug-likeness (QED) is 0.877. The van der Waals surface area contributed by atoms with Gasteiger partial charge in [-0.25, -0.2) is 17.2 Å². The van der Waals surface area contributed by atoms with E-state index in [4.69, 9.17) is 5.11 Å². The molecule has 0 spiro atoms. The lowest BCUT2D eigenvalue weighted by Crippen LogP contribution is -2.38. The van der Waals surface area contributed by atoms with E-state index in [9.17, 15) is 17.2 Å². The summed E-state index contributed by atoms with van der Waals surface area (Å²) in [6.07, 6.45) is 0.557. The maximum absolute atomic E-state index is 13.8. The average molecular weight is 307 g/mol. The van der Waals surface area contributed by atoms with Crippen molar-refractivity contribution in [2.45, 2.75) is 44.7 Å². The summed E-state index contributed by atoms with van der Waals surface area (Å²) in [5.74, 6) is -2.70. The first kappa shape index (κ1) is 17.0. The number of halogens is 2. The Morgan fingerprint density at radius 2 is 1.90 bits per heavy atom. The van der Waals surface area contributed by atoms with Crippen molar-refractivity contribution in [3.05, 3.63) is 29.3 Å². The van der Waals surface area contributed by atoms with E-state index in [2.05, 4.69) is 0 Å². The molecule has 0 amide bonds.